The standard InChI is InChI=1S/C24H25N5O2S/c1-14-12-29(13-15(2)31-14)23-18(10-25)20(16-8-9-16)19(11-26)24(28-23)32-21(22(27)30)17-6-4-3-5-7-17/h3-7,14-16,21H,8-9,12-13H2,1-2H3,(H2,27,30). The highest BCUT2D eigenvalue weighted by molar-refractivity contribution is 8.00. The molecule has 1 aromatic heterocycles. The second-order valence-electron chi connectivity index (χ2n) is 8.38. The van der Waals surface area contributed by atoms with Crippen molar-refractivity contribution in [3.05, 3.63) is 52.6 Å². The first-order chi connectivity index (χ1) is 15.4. The van der Waals surface area contributed by atoms with Gasteiger partial charge < -0.3 is 15.4 Å². The molecule has 3 unspecified atom stereocenters. The number of ether oxygens (including phenoxy) is 1. The van der Waals surface area contributed by atoms with Crippen molar-refractivity contribution in [2.45, 2.75) is 55.1 Å². The lowest BCUT2D eigenvalue weighted by Crippen LogP contribution is -2.46. The Morgan fingerprint density at radius 2 is 1.78 bits per heavy atom. The van der Waals surface area contributed by atoms with Crippen LogP contribution in [-0.4, -0.2) is 36.2 Å². The molecule has 1 saturated heterocycles. The van der Waals surface area contributed by atoms with Gasteiger partial charge in [0.1, 0.15) is 28.2 Å². The molecule has 0 radical (unpaired) electrons. The number of benzene rings is 1. The lowest BCUT2D eigenvalue weighted by molar-refractivity contribution is -0.117. The number of pyridine rings is 1. The number of morpholine rings is 1. The minimum atomic E-state index is -0.689. The minimum absolute atomic E-state index is 0.00842. The highest BCUT2D eigenvalue weighted by Crippen LogP contribution is 2.48. The SMILES string of the molecule is CC1CN(c2nc(SC(C(N)=O)c3ccccc3)c(C#N)c(C3CC3)c2C#N)CC(C)O1. The van der Waals surface area contributed by atoms with Crippen molar-refractivity contribution in [3.63, 3.8) is 0 Å². The van der Waals surface area contributed by atoms with Crippen molar-refractivity contribution in [1.29, 1.82) is 10.5 Å². The lowest BCUT2D eigenvalue weighted by atomic mass is 9.99. The molecule has 0 bridgehead atoms. The molecule has 4 rings (SSSR count). The molecule has 2 aliphatic rings. The summed E-state index contributed by atoms with van der Waals surface area (Å²) in [6.07, 6.45) is 1.85. The van der Waals surface area contributed by atoms with Crippen molar-refractivity contribution in [2.75, 3.05) is 18.0 Å². The summed E-state index contributed by atoms with van der Waals surface area (Å²) in [5, 5.41) is 19.9. The summed E-state index contributed by atoms with van der Waals surface area (Å²) >= 11 is 1.18. The number of aromatic nitrogens is 1. The van der Waals surface area contributed by atoms with E-state index in [0.29, 0.717) is 35.1 Å². The maximum absolute atomic E-state index is 12.3. The first kappa shape index (κ1) is 22.1. The van der Waals surface area contributed by atoms with E-state index in [9.17, 15) is 15.3 Å². The second-order valence-corrected chi connectivity index (χ2v) is 9.47. The van der Waals surface area contributed by atoms with Gasteiger partial charge in [-0.2, -0.15) is 10.5 Å². The molecule has 2 heterocycles. The number of hydrogen-bond acceptors (Lipinski definition) is 7. The monoisotopic (exact) mass is 447 g/mol. The third-order valence-electron chi connectivity index (χ3n) is 5.70. The molecule has 7 nitrogen and oxygen atoms in total. The Balaban J connectivity index is 1.85. The normalized spacial score (nSPS) is 21.4. The first-order valence-corrected chi connectivity index (χ1v) is 11.6. The molecule has 32 heavy (non-hydrogen) atoms. The van der Waals surface area contributed by atoms with Crippen LogP contribution in [0.3, 0.4) is 0 Å². The molecule has 2 fully saturated rings. The summed E-state index contributed by atoms with van der Waals surface area (Å²) in [6, 6.07) is 13.8. The zero-order chi connectivity index (χ0) is 22.8. The van der Waals surface area contributed by atoms with Gasteiger partial charge in [0.15, 0.2) is 0 Å². The molecule has 1 aromatic carbocycles. The highest BCUT2D eigenvalue weighted by Gasteiger charge is 2.36. The van der Waals surface area contributed by atoms with Crippen LogP contribution in [0, 0.1) is 22.7 Å². The van der Waals surface area contributed by atoms with Crippen molar-refractivity contribution in [3.8, 4) is 12.1 Å². The molecule has 164 valence electrons. The molecule has 2 aromatic rings. The second kappa shape index (κ2) is 9.20. The number of nitriles is 2. The quantitative estimate of drug-likeness (QED) is 0.672. The van der Waals surface area contributed by atoms with Gasteiger partial charge in [-0.05, 0) is 43.7 Å². The molecule has 1 aliphatic heterocycles. The summed E-state index contributed by atoms with van der Waals surface area (Å²) in [5.74, 6) is 0.230. The minimum Gasteiger partial charge on any atom is -0.372 e. The first-order valence-electron chi connectivity index (χ1n) is 10.7. The van der Waals surface area contributed by atoms with E-state index in [-0.39, 0.29) is 18.1 Å². The van der Waals surface area contributed by atoms with Gasteiger partial charge in [0.25, 0.3) is 0 Å². The van der Waals surface area contributed by atoms with E-state index in [4.69, 9.17) is 15.5 Å². The van der Waals surface area contributed by atoms with E-state index in [1.54, 1.807) is 0 Å². The van der Waals surface area contributed by atoms with E-state index in [2.05, 4.69) is 17.0 Å². The molecule has 1 amide bonds. The van der Waals surface area contributed by atoms with Crippen LogP contribution in [0.4, 0.5) is 5.82 Å². The fraction of sp³-hybridized carbons (Fsp3) is 0.417. The van der Waals surface area contributed by atoms with E-state index >= 15 is 0 Å². The highest BCUT2D eigenvalue weighted by atomic mass is 32.2. The van der Waals surface area contributed by atoms with Crippen molar-refractivity contribution >= 4 is 23.5 Å². The number of carbonyl (C=O) groups excluding carboxylic acids is 1. The zero-order valence-electron chi connectivity index (χ0n) is 18.1. The molecule has 0 spiro atoms. The maximum Gasteiger partial charge on any atom is 0.235 e. The Labute approximate surface area is 192 Å². The van der Waals surface area contributed by atoms with Crippen LogP contribution in [0.1, 0.15) is 60.1 Å². The van der Waals surface area contributed by atoms with Gasteiger partial charge in [-0.25, -0.2) is 4.98 Å². The molecule has 2 N–H and O–H groups in total. The molecule has 1 saturated carbocycles. The molecular formula is C24H25N5O2S. The van der Waals surface area contributed by atoms with Gasteiger partial charge in [0.05, 0.1) is 23.3 Å². The van der Waals surface area contributed by atoms with Crippen LogP contribution in [0.2, 0.25) is 0 Å². The van der Waals surface area contributed by atoms with Gasteiger partial charge in [-0.15, -0.1) is 0 Å². The Kier molecular flexibility index (Phi) is 6.36. The number of primary amides is 1. The Morgan fingerprint density at radius 1 is 1.16 bits per heavy atom. The van der Waals surface area contributed by atoms with Crippen LogP contribution >= 0.6 is 11.8 Å². The van der Waals surface area contributed by atoms with Crippen molar-refractivity contribution in [1.82, 2.24) is 4.98 Å². The Morgan fingerprint density at radius 3 is 2.31 bits per heavy atom. The predicted molar refractivity (Wildman–Crippen MR) is 122 cm³/mol. The number of nitrogens with zero attached hydrogens (tertiary/aromatic N) is 4. The maximum atomic E-state index is 12.3. The van der Waals surface area contributed by atoms with E-state index in [0.717, 1.165) is 24.0 Å². The average Bonchev–Trinajstić information content (AvgIpc) is 3.61. The Bertz CT molecular complexity index is 1090. The van der Waals surface area contributed by atoms with Crippen molar-refractivity contribution in [2.24, 2.45) is 5.73 Å². The summed E-state index contributed by atoms with van der Waals surface area (Å²) in [6.45, 7) is 5.19. The molecule has 8 heteroatoms. The van der Waals surface area contributed by atoms with Crippen molar-refractivity contribution < 1.29 is 9.53 Å². The fourth-order valence-corrected chi connectivity index (χ4v) is 5.31. The number of carbonyl (C=O) groups is 1. The lowest BCUT2D eigenvalue weighted by Gasteiger charge is -2.37. The largest absolute Gasteiger partial charge is 0.372 e. The molecule has 1 aliphatic carbocycles. The van der Waals surface area contributed by atoms with Gasteiger partial charge in [-0.1, -0.05) is 42.1 Å². The number of thioether (sulfide) groups is 1. The Hall–Kier alpha value is -3.07. The van der Waals surface area contributed by atoms with Crippen LogP contribution < -0.4 is 10.6 Å². The van der Waals surface area contributed by atoms with Gasteiger partial charge >= 0.3 is 0 Å². The van der Waals surface area contributed by atoms with E-state index in [1.165, 1.54) is 11.8 Å². The van der Waals surface area contributed by atoms with Gasteiger partial charge in [0.2, 0.25) is 5.91 Å². The third-order valence-corrected chi connectivity index (χ3v) is 6.96. The van der Waals surface area contributed by atoms with E-state index < -0.39 is 11.2 Å². The van der Waals surface area contributed by atoms with Crippen LogP contribution in [-0.2, 0) is 9.53 Å². The summed E-state index contributed by atoms with van der Waals surface area (Å²) in [7, 11) is 0. The van der Waals surface area contributed by atoms with Gasteiger partial charge in [0, 0.05) is 13.1 Å². The summed E-state index contributed by atoms with van der Waals surface area (Å²) in [5.41, 5.74) is 8.10. The smallest absolute Gasteiger partial charge is 0.235 e. The fourth-order valence-electron chi connectivity index (χ4n) is 4.26. The van der Waals surface area contributed by atoms with E-state index in [1.807, 2.05) is 44.2 Å². The third kappa shape index (κ3) is 4.43. The summed E-state index contributed by atoms with van der Waals surface area (Å²) in [4.78, 5) is 19.2. The number of anilines is 1. The predicted octanol–water partition coefficient (Wildman–Crippen LogP) is 3.63. The zero-order valence-corrected chi connectivity index (χ0v) is 18.9. The number of hydrogen-bond donors (Lipinski definition) is 1. The number of amides is 1. The van der Waals surface area contributed by atoms with Crippen LogP contribution in [0.5, 0.6) is 0 Å². The van der Waals surface area contributed by atoms with Crippen LogP contribution in [0.15, 0.2) is 35.4 Å². The average molecular weight is 448 g/mol. The molecule has 3 atom stereocenters. The van der Waals surface area contributed by atoms with Gasteiger partial charge in [-0.3, -0.25) is 4.79 Å². The topological polar surface area (TPSA) is 116 Å². The number of rotatable bonds is 6. The number of nitrogens with two attached hydrogens (primary N) is 1. The summed E-state index contributed by atoms with van der Waals surface area (Å²) < 4.78 is 5.86. The van der Waals surface area contributed by atoms with Crippen LogP contribution in [0.25, 0.3) is 0 Å². The molecular weight excluding hydrogens is 422 g/mol.